The van der Waals surface area contributed by atoms with Gasteiger partial charge in [0.25, 0.3) is 0 Å². The summed E-state index contributed by atoms with van der Waals surface area (Å²) in [6, 6.07) is 9.74. The van der Waals surface area contributed by atoms with Crippen LogP contribution in [0.15, 0.2) is 41.7 Å². The molecule has 35 heavy (non-hydrogen) atoms. The van der Waals surface area contributed by atoms with Crippen molar-refractivity contribution in [2.45, 2.75) is 65.1 Å². The average molecular weight is 487 g/mol. The Morgan fingerprint density at radius 2 is 1.91 bits per heavy atom. The van der Waals surface area contributed by atoms with E-state index in [-0.39, 0.29) is 44.2 Å². The van der Waals surface area contributed by atoms with Crippen molar-refractivity contribution >= 4 is 28.2 Å². The molecule has 0 aliphatic carbocycles. The van der Waals surface area contributed by atoms with Gasteiger partial charge in [-0.3, -0.25) is 14.6 Å². The summed E-state index contributed by atoms with van der Waals surface area (Å²) in [5.41, 5.74) is -1.30. The van der Waals surface area contributed by atoms with E-state index >= 15 is 0 Å². The number of aromatic nitrogens is 1. The van der Waals surface area contributed by atoms with Crippen LogP contribution in [-0.4, -0.2) is 53.5 Å². The first-order valence-corrected chi connectivity index (χ1v) is 12.2. The molecule has 1 aliphatic rings. The van der Waals surface area contributed by atoms with Crippen LogP contribution in [0.3, 0.4) is 0 Å². The highest BCUT2D eigenvalue weighted by molar-refractivity contribution is 6.12. The van der Waals surface area contributed by atoms with Crippen molar-refractivity contribution in [2.24, 2.45) is 17.0 Å². The first-order chi connectivity index (χ1) is 16.7. The Kier molecular flexibility index (Phi) is 8.59. The molecule has 7 nitrogen and oxygen atoms in total. The first kappa shape index (κ1) is 26.7. The highest BCUT2D eigenvalue weighted by Crippen LogP contribution is 2.39. The number of esters is 1. The van der Waals surface area contributed by atoms with E-state index in [0.29, 0.717) is 11.4 Å². The van der Waals surface area contributed by atoms with Crippen molar-refractivity contribution in [2.75, 3.05) is 19.9 Å². The number of fused-ring (bicyclic) bond motifs is 1. The molecule has 0 spiro atoms. The standard InChI is InChI=1S/C27H35FN2O5/c1-6-33-24(32)15-20(26(5,17-28)34-7-2)14-23(31)27(18(3)4)16-22(30-35-27)25-21-11-9-8-10-19(21)12-13-29-25/h8-13,18,20H,6-7,14-17H2,1-5H3/t20-,26?,27+/m0/s1. The molecule has 0 saturated carbocycles. The number of carbonyl (C=O) groups excluding carboxylic acids is 2. The summed E-state index contributed by atoms with van der Waals surface area (Å²) in [6.07, 6.45) is 1.70. The van der Waals surface area contributed by atoms with E-state index < -0.39 is 29.8 Å². The van der Waals surface area contributed by atoms with E-state index in [2.05, 4.69) is 10.1 Å². The Hall–Kier alpha value is -2.87. The van der Waals surface area contributed by atoms with Gasteiger partial charge >= 0.3 is 5.97 Å². The maximum atomic E-state index is 14.2. The predicted molar refractivity (Wildman–Crippen MR) is 132 cm³/mol. The molecule has 0 saturated heterocycles. The minimum absolute atomic E-state index is 0.108. The fourth-order valence-corrected chi connectivity index (χ4v) is 4.62. The van der Waals surface area contributed by atoms with E-state index in [4.69, 9.17) is 14.3 Å². The summed E-state index contributed by atoms with van der Waals surface area (Å²) >= 11 is 0. The van der Waals surface area contributed by atoms with Gasteiger partial charge in [0.1, 0.15) is 12.4 Å². The number of pyridine rings is 1. The summed E-state index contributed by atoms with van der Waals surface area (Å²) < 4.78 is 25.0. The second-order valence-electron chi connectivity index (χ2n) is 9.44. The molecule has 0 fully saturated rings. The van der Waals surface area contributed by atoms with Crippen LogP contribution in [0.2, 0.25) is 0 Å². The Morgan fingerprint density at radius 1 is 1.17 bits per heavy atom. The summed E-state index contributed by atoms with van der Waals surface area (Å²) in [7, 11) is 0. The van der Waals surface area contributed by atoms with Crippen molar-refractivity contribution < 1.29 is 28.3 Å². The van der Waals surface area contributed by atoms with Crippen molar-refractivity contribution in [3.8, 4) is 0 Å². The predicted octanol–water partition coefficient (Wildman–Crippen LogP) is 5.05. The molecule has 8 heteroatoms. The first-order valence-electron chi connectivity index (χ1n) is 12.2. The van der Waals surface area contributed by atoms with Crippen LogP contribution in [0.1, 0.15) is 59.6 Å². The van der Waals surface area contributed by atoms with Gasteiger partial charge < -0.3 is 14.3 Å². The number of nitrogens with zero attached hydrogens (tertiary/aromatic N) is 2. The monoisotopic (exact) mass is 486 g/mol. The fourth-order valence-electron chi connectivity index (χ4n) is 4.62. The Bertz CT molecular complexity index is 1080. The minimum Gasteiger partial charge on any atom is -0.466 e. The SMILES string of the molecule is CCOC(=O)C[C@H](CC(=O)[C@]1(C(C)C)CC(c2nccc3ccccc23)=NO1)C(C)(CF)OCC. The quantitative estimate of drug-likeness (QED) is 0.390. The zero-order valence-corrected chi connectivity index (χ0v) is 21.2. The third kappa shape index (κ3) is 5.53. The van der Waals surface area contributed by atoms with E-state index in [0.717, 1.165) is 10.8 Å². The average Bonchev–Trinajstić information content (AvgIpc) is 3.30. The lowest BCUT2D eigenvalue weighted by molar-refractivity contribution is -0.157. The summed E-state index contributed by atoms with van der Waals surface area (Å²) in [6.45, 7) is 8.45. The maximum absolute atomic E-state index is 14.2. The van der Waals surface area contributed by atoms with Crippen LogP contribution in [0.25, 0.3) is 10.8 Å². The normalized spacial score (nSPS) is 20.3. The van der Waals surface area contributed by atoms with Crippen LogP contribution >= 0.6 is 0 Å². The molecule has 1 aliphatic heterocycles. The molecule has 2 aromatic rings. The third-order valence-electron chi connectivity index (χ3n) is 6.85. The number of hydrogen-bond acceptors (Lipinski definition) is 7. The molecular formula is C27H35FN2O5. The topological polar surface area (TPSA) is 87.1 Å². The zero-order chi connectivity index (χ0) is 25.6. The minimum atomic E-state index is -1.31. The number of benzene rings is 1. The van der Waals surface area contributed by atoms with Gasteiger partial charge in [0.2, 0.25) is 5.60 Å². The highest BCUT2D eigenvalue weighted by Gasteiger charge is 2.51. The molecule has 0 N–H and O–H groups in total. The van der Waals surface area contributed by atoms with Crippen LogP contribution in [-0.2, 0) is 23.9 Å². The molecule has 0 amide bonds. The molecule has 3 rings (SSSR count). The van der Waals surface area contributed by atoms with Gasteiger partial charge in [-0.25, -0.2) is 4.39 Å². The second kappa shape index (κ2) is 11.2. The molecule has 0 bridgehead atoms. The van der Waals surface area contributed by atoms with Crippen LogP contribution in [0, 0.1) is 11.8 Å². The molecule has 0 radical (unpaired) electrons. The van der Waals surface area contributed by atoms with E-state index in [9.17, 15) is 14.0 Å². The lowest BCUT2D eigenvalue weighted by Gasteiger charge is -2.37. The molecule has 2 heterocycles. The second-order valence-corrected chi connectivity index (χ2v) is 9.44. The van der Waals surface area contributed by atoms with Crippen LogP contribution in [0.5, 0.6) is 0 Å². The Morgan fingerprint density at radius 3 is 2.57 bits per heavy atom. The third-order valence-corrected chi connectivity index (χ3v) is 6.85. The van der Waals surface area contributed by atoms with E-state index in [1.807, 2.05) is 44.2 Å². The van der Waals surface area contributed by atoms with Crippen molar-refractivity contribution in [1.82, 2.24) is 4.98 Å². The molecule has 1 aromatic heterocycles. The number of hydrogen-bond donors (Lipinski definition) is 0. The van der Waals surface area contributed by atoms with Gasteiger partial charge in [0.05, 0.1) is 24.3 Å². The van der Waals surface area contributed by atoms with Gasteiger partial charge in [0.15, 0.2) is 5.78 Å². The largest absolute Gasteiger partial charge is 0.466 e. The molecule has 1 aromatic carbocycles. The fraction of sp³-hybridized carbons (Fsp3) is 0.556. The van der Waals surface area contributed by atoms with Gasteiger partial charge in [-0.15, -0.1) is 0 Å². The number of ketones is 1. The van der Waals surface area contributed by atoms with Gasteiger partial charge in [0, 0.05) is 42.9 Å². The van der Waals surface area contributed by atoms with Gasteiger partial charge in [-0.05, 0) is 32.2 Å². The van der Waals surface area contributed by atoms with E-state index in [1.54, 1.807) is 27.0 Å². The highest BCUT2D eigenvalue weighted by atomic mass is 19.1. The molecule has 3 atom stereocenters. The summed E-state index contributed by atoms with van der Waals surface area (Å²) in [5.74, 6) is -1.69. The maximum Gasteiger partial charge on any atom is 0.306 e. The lowest BCUT2D eigenvalue weighted by atomic mass is 9.75. The summed E-state index contributed by atoms with van der Waals surface area (Å²) in [4.78, 5) is 36.5. The smallest absolute Gasteiger partial charge is 0.306 e. The van der Waals surface area contributed by atoms with Crippen molar-refractivity contribution in [3.05, 3.63) is 42.2 Å². The van der Waals surface area contributed by atoms with Crippen LogP contribution < -0.4 is 0 Å². The van der Waals surface area contributed by atoms with Crippen molar-refractivity contribution in [1.29, 1.82) is 0 Å². The molecule has 190 valence electrons. The Balaban J connectivity index is 1.90. The van der Waals surface area contributed by atoms with Crippen molar-refractivity contribution in [3.63, 3.8) is 0 Å². The van der Waals surface area contributed by atoms with Gasteiger partial charge in [-0.1, -0.05) is 43.3 Å². The zero-order valence-electron chi connectivity index (χ0n) is 21.2. The molecule has 1 unspecified atom stereocenters. The molecular weight excluding hydrogens is 451 g/mol. The number of carbonyl (C=O) groups is 2. The number of ether oxygens (including phenoxy) is 2. The number of rotatable bonds is 12. The summed E-state index contributed by atoms with van der Waals surface area (Å²) in [5, 5.41) is 6.24. The number of alkyl halides is 1. The van der Waals surface area contributed by atoms with Crippen LogP contribution in [0.4, 0.5) is 4.39 Å². The number of Topliss-reactive ketones (excluding diaryl/α,β-unsaturated/α-hetero) is 1. The Labute approximate surface area is 206 Å². The van der Waals surface area contributed by atoms with E-state index in [1.165, 1.54) is 0 Å². The number of halogens is 1. The number of oxime groups is 1. The van der Waals surface area contributed by atoms with Gasteiger partial charge in [-0.2, -0.15) is 0 Å². The lowest BCUT2D eigenvalue weighted by Crippen LogP contribution is -2.49.